The molecular formula is C31H30. The van der Waals surface area contributed by atoms with Crippen molar-refractivity contribution in [3.05, 3.63) is 130 Å². The highest BCUT2D eigenvalue weighted by molar-refractivity contribution is 5.78. The van der Waals surface area contributed by atoms with E-state index in [0.717, 1.165) is 6.42 Å². The lowest BCUT2D eigenvalue weighted by molar-refractivity contribution is 0.640. The van der Waals surface area contributed by atoms with Gasteiger partial charge in [-0.15, -0.1) is 0 Å². The van der Waals surface area contributed by atoms with Crippen LogP contribution >= 0.6 is 0 Å². The Morgan fingerprint density at radius 1 is 0.452 bits per heavy atom. The lowest BCUT2D eigenvalue weighted by atomic mass is 9.76. The first-order valence-electron chi connectivity index (χ1n) is 11.3. The van der Waals surface area contributed by atoms with E-state index >= 15 is 0 Å². The highest BCUT2D eigenvalue weighted by Gasteiger charge is 2.28. The van der Waals surface area contributed by atoms with E-state index in [2.05, 4.69) is 125 Å². The lowest BCUT2D eigenvalue weighted by Crippen LogP contribution is -2.19. The van der Waals surface area contributed by atoms with E-state index in [-0.39, 0.29) is 10.8 Å². The SMILES string of the molecule is CC(C)(c1ccccc1)c1ccc2c(c1)-c1cc(C(C)(C)c3ccccc3)ccc1C2. The maximum atomic E-state index is 2.44. The quantitative estimate of drug-likeness (QED) is 0.286. The summed E-state index contributed by atoms with van der Waals surface area (Å²) in [7, 11) is 0. The predicted octanol–water partition coefficient (Wildman–Crippen LogP) is 7.91. The van der Waals surface area contributed by atoms with Gasteiger partial charge in [-0.2, -0.15) is 0 Å². The summed E-state index contributed by atoms with van der Waals surface area (Å²) in [6.45, 7) is 9.31. The van der Waals surface area contributed by atoms with Gasteiger partial charge in [0.1, 0.15) is 0 Å². The lowest BCUT2D eigenvalue weighted by Gasteiger charge is -2.28. The molecule has 5 rings (SSSR count). The van der Waals surface area contributed by atoms with Crippen molar-refractivity contribution in [1.29, 1.82) is 0 Å². The van der Waals surface area contributed by atoms with Gasteiger partial charge in [0.05, 0.1) is 0 Å². The molecule has 1 aliphatic rings. The molecule has 31 heavy (non-hydrogen) atoms. The topological polar surface area (TPSA) is 0 Å². The first-order valence-corrected chi connectivity index (χ1v) is 11.3. The van der Waals surface area contributed by atoms with Crippen molar-refractivity contribution in [1.82, 2.24) is 0 Å². The molecule has 4 aromatic carbocycles. The zero-order chi connectivity index (χ0) is 21.6. The van der Waals surface area contributed by atoms with Gasteiger partial charge in [-0.3, -0.25) is 0 Å². The molecule has 0 nitrogen and oxygen atoms in total. The maximum Gasteiger partial charge on any atom is 0.0146 e. The van der Waals surface area contributed by atoms with Crippen molar-refractivity contribution in [2.45, 2.75) is 44.9 Å². The maximum absolute atomic E-state index is 2.44. The summed E-state index contributed by atoms with van der Waals surface area (Å²) in [5.74, 6) is 0. The summed E-state index contributed by atoms with van der Waals surface area (Å²) >= 11 is 0. The minimum absolute atomic E-state index is 0.0278. The van der Waals surface area contributed by atoms with E-state index in [4.69, 9.17) is 0 Å². The predicted molar refractivity (Wildman–Crippen MR) is 132 cm³/mol. The highest BCUT2D eigenvalue weighted by Crippen LogP contribution is 2.43. The van der Waals surface area contributed by atoms with Gasteiger partial charge in [-0.05, 0) is 63.1 Å². The molecule has 4 aromatic rings. The van der Waals surface area contributed by atoms with Gasteiger partial charge in [0.25, 0.3) is 0 Å². The Morgan fingerprint density at radius 3 is 1.23 bits per heavy atom. The van der Waals surface area contributed by atoms with Gasteiger partial charge in [0, 0.05) is 10.8 Å². The third-order valence-corrected chi connectivity index (χ3v) is 7.33. The van der Waals surface area contributed by atoms with E-state index in [1.807, 2.05) is 0 Å². The van der Waals surface area contributed by atoms with Gasteiger partial charge < -0.3 is 0 Å². The van der Waals surface area contributed by atoms with Gasteiger partial charge in [-0.1, -0.05) is 113 Å². The monoisotopic (exact) mass is 402 g/mol. The van der Waals surface area contributed by atoms with Crippen molar-refractivity contribution in [3.63, 3.8) is 0 Å². The minimum Gasteiger partial charge on any atom is -0.0622 e. The fourth-order valence-electron chi connectivity index (χ4n) is 4.99. The third kappa shape index (κ3) is 3.31. The molecule has 0 aromatic heterocycles. The molecule has 0 heteroatoms. The van der Waals surface area contributed by atoms with Crippen LogP contribution < -0.4 is 0 Å². The molecule has 1 aliphatic carbocycles. The zero-order valence-electron chi connectivity index (χ0n) is 18.9. The Morgan fingerprint density at radius 2 is 0.839 bits per heavy atom. The molecule has 154 valence electrons. The van der Waals surface area contributed by atoms with Crippen LogP contribution in [0.5, 0.6) is 0 Å². The smallest absolute Gasteiger partial charge is 0.0146 e. The van der Waals surface area contributed by atoms with Gasteiger partial charge in [-0.25, -0.2) is 0 Å². The standard InChI is InChI=1S/C31H30/c1-30(2,24-11-7-5-8-12-24)26-17-15-22-19-23-16-18-27(21-29(23)28(22)20-26)31(3,4)25-13-9-6-10-14-25/h5-18,20-21H,19H2,1-4H3. The Labute approximate surface area is 186 Å². The average molecular weight is 403 g/mol. The van der Waals surface area contributed by atoms with Gasteiger partial charge in [0.15, 0.2) is 0 Å². The fraction of sp³-hybridized carbons (Fsp3) is 0.226. The molecule has 0 amide bonds. The minimum atomic E-state index is -0.0278. The average Bonchev–Trinajstić information content (AvgIpc) is 3.17. The second kappa shape index (κ2) is 7.24. The molecule has 0 saturated heterocycles. The molecule has 0 saturated carbocycles. The summed E-state index contributed by atoms with van der Waals surface area (Å²) in [6.07, 6.45) is 1.03. The summed E-state index contributed by atoms with van der Waals surface area (Å²) in [5.41, 5.74) is 11.1. The van der Waals surface area contributed by atoms with Crippen molar-refractivity contribution in [2.24, 2.45) is 0 Å². The summed E-state index contributed by atoms with van der Waals surface area (Å²) < 4.78 is 0. The molecule has 0 heterocycles. The molecule has 0 aliphatic heterocycles. The fourth-order valence-corrected chi connectivity index (χ4v) is 4.99. The van der Waals surface area contributed by atoms with E-state index in [1.165, 1.54) is 44.5 Å². The van der Waals surface area contributed by atoms with E-state index in [9.17, 15) is 0 Å². The van der Waals surface area contributed by atoms with Crippen molar-refractivity contribution >= 4 is 0 Å². The summed E-state index contributed by atoms with van der Waals surface area (Å²) in [6, 6.07) is 35.9. The van der Waals surface area contributed by atoms with Crippen molar-refractivity contribution < 1.29 is 0 Å². The van der Waals surface area contributed by atoms with Crippen LogP contribution in [0.1, 0.15) is 61.1 Å². The molecule has 0 unspecified atom stereocenters. The number of benzene rings is 4. The Kier molecular flexibility index (Phi) is 4.63. The van der Waals surface area contributed by atoms with Crippen LogP contribution in [0, 0.1) is 0 Å². The van der Waals surface area contributed by atoms with Crippen molar-refractivity contribution in [2.75, 3.05) is 0 Å². The number of rotatable bonds is 4. The van der Waals surface area contributed by atoms with Crippen LogP contribution in [-0.2, 0) is 17.3 Å². The number of hydrogen-bond acceptors (Lipinski definition) is 0. The largest absolute Gasteiger partial charge is 0.0622 e. The normalized spacial score (nSPS) is 13.0. The van der Waals surface area contributed by atoms with Crippen LogP contribution in [0.25, 0.3) is 11.1 Å². The molecule has 0 N–H and O–H groups in total. The third-order valence-electron chi connectivity index (χ3n) is 7.33. The second-order valence-corrected chi connectivity index (χ2v) is 9.90. The summed E-state index contributed by atoms with van der Waals surface area (Å²) in [4.78, 5) is 0. The second-order valence-electron chi connectivity index (χ2n) is 9.90. The van der Waals surface area contributed by atoms with E-state index in [1.54, 1.807) is 0 Å². The van der Waals surface area contributed by atoms with Gasteiger partial charge in [0.2, 0.25) is 0 Å². The summed E-state index contributed by atoms with van der Waals surface area (Å²) in [5, 5.41) is 0. The molecule has 0 fully saturated rings. The van der Waals surface area contributed by atoms with Crippen LogP contribution in [0.4, 0.5) is 0 Å². The number of hydrogen-bond donors (Lipinski definition) is 0. The van der Waals surface area contributed by atoms with Gasteiger partial charge >= 0.3 is 0 Å². The van der Waals surface area contributed by atoms with Crippen LogP contribution in [0.15, 0.2) is 97.1 Å². The molecule has 0 spiro atoms. The van der Waals surface area contributed by atoms with Crippen LogP contribution in [0.3, 0.4) is 0 Å². The van der Waals surface area contributed by atoms with E-state index < -0.39 is 0 Å². The van der Waals surface area contributed by atoms with Crippen LogP contribution in [-0.4, -0.2) is 0 Å². The Hall–Kier alpha value is -3.12. The first-order chi connectivity index (χ1) is 14.9. The van der Waals surface area contributed by atoms with Crippen molar-refractivity contribution in [3.8, 4) is 11.1 Å². The number of fused-ring (bicyclic) bond motifs is 3. The first kappa shape index (κ1) is 19.8. The Balaban J connectivity index is 1.59. The molecular weight excluding hydrogens is 372 g/mol. The molecule has 0 bridgehead atoms. The van der Waals surface area contributed by atoms with E-state index in [0.29, 0.717) is 0 Å². The van der Waals surface area contributed by atoms with Crippen LogP contribution in [0.2, 0.25) is 0 Å². The Bertz CT molecular complexity index is 1130. The highest BCUT2D eigenvalue weighted by atomic mass is 14.3. The zero-order valence-corrected chi connectivity index (χ0v) is 18.9. The molecule has 0 atom stereocenters. The molecule has 0 radical (unpaired) electrons.